The van der Waals surface area contributed by atoms with Crippen molar-refractivity contribution in [3.63, 3.8) is 0 Å². The lowest BCUT2D eigenvalue weighted by Crippen LogP contribution is -2.25. The van der Waals surface area contributed by atoms with Gasteiger partial charge >= 0.3 is 5.97 Å². The first kappa shape index (κ1) is 14.8. The van der Waals surface area contributed by atoms with E-state index in [0.29, 0.717) is 0 Å². The number of hydrogen-bond donors (Lipinski definition) is 2. The number of rotatable bonds is 2. The normalized spacial score (nSPS) is 14.6. The second-order valence-electron chi connectivity index (χ2n) is 4.12. The summed E-state index contributed by atoms with van der Waals surface area (Å²) < 4.78 is 0. The van der Waals surface area contributed by atoms with Crippen LogP contribution in [0.4, 0.5) is 0 Å². The summed E-state index contributed by atoms with van der Waals surface area (Å²) in [5.74, 6) is -2.20. The first-order valence-corrected chi connectivity index (χ1v) is 5.79. The zero-order valence-corrected chi connectivity index (χ0v) is 10.7. The smallest absolute Gasteiger partial charge is 0.306 e. The van der Waals surface area contributed by atoms with Crippen molar-refractivity contribution < 1.29 is 24.7 Å². The van der Waals surface area contributed by atoms with E-state index in [1.54, 1.807) is 19.1 Å². The molecule has 2 N–H and O–H groups in total. The first-order chi connectivity index (χ1) is 8.90. The van der Waals surface area contributed by atoms with Crippen molar-refractivity contribution in [1.82, 2.24) is 5.06 Å². The average Bonchev–Trinajstić information content (AvgIpc) is 2.64. The van der Waals surface area contributed by atoms with Crippen molar-refractivity contribution >= 4 is 17.8 Å². The number of benzene rings is 1. The van der Waals surface area contributed by atoms with Gasteiger partial charge in [0.15, 0.2) is 0 Å². The second-order valence-corrected chi connectivity index (χ2v) is 4.12. The van der Waals surface area contributed by atoms with Crippen LogP contribution in [-0.2, 0) is 4.79 Å². The van der Waals surface area contributed by atoms with Crippen molar-refractivity contribution in [2.75, 3.05) is 0 Å². The van der Waals surface area contributed by atoms with Crippen LogP contribution in [-0.4, -0.2) is 33.2 Å². The molecule has 0 spiro atoms. The molecular formula is C13H15NO5. The number of carboxylic acids is 1. The molecule has 0 saturated heterocycles. The zero-order chi connectivity index (χ0) is 14.6. The van der Waals surface area contributed by atoms with Crippen LogP contribution >= 0.6 is 0 Å². The number of fused-ring (bicyclic) bond motifs is 1. The highest BCUT2D eigenvalue weighted by atomic mass is 16.5. The summed E-state index contributed by atoms with van der Waals surface area (Å²) in [6.45, 7) is 3.56. The molecule has 0 saturated carbocycles. The van der Waals surface area contributed by atoms with Gasteiger partial charge in [-0.15, -0.1) is 5.06 Å². The van der Waals surface area contributed by atoms with E-state index in [9.17, 15) is 14.4 Å². The fourth-order valence-corrected chi connectivity index (χ4v) is 1.35. The highest BCUT2D eigenvalue weighted by molar-refractivity contribution is 6.20. The summed E-state index contributed by atoms with van der Waals surface area (Å²) in [5.41, 5.74) is 0.509. The lowest BCUT2D eigenvalue weighted by atomic mass is 10.1. The van der Waals surface area contributed by atoms with Crippen LogP contribution in [0.15, 0.2) is 24.3 Å². The van der Waals surface area contributed by atoms with Gasteiger partial charge in [-0.2, -0.15) is 0 Å². The van der Waals surface area contributed by atoms with E-state index in [1.165, 1.54) is 12.1 Å². The molecule has 1 aromatic rings. The SMILES string of the molecule is CCC(C)C(=O)O.O=C1c2ccccc2C(=O)N1O. The third-order valence-electron chi connectivity index (χ3n) is 2.81. The molecule has 0 fully saturated rings. The number of imide groups is 1. The van der Waals surface area contributed by atoms with Crippen LogP contribution in [0.3, 0.4) is 0 Å². The van der Waals surface area contributed by atoms with Crippen LogP contribution in [0.2, 0.25) is 0 Å². The molecule has 6 heteroatoms. The highest BCUT2D eigenvalue weighted by Gasteiger charge is 2.33. The van der Waals surface area contributed by atoms with Gasteiger partial charge in [0, 0.05) is 0 Å². The molecule has 2 rings (SSSR count). The summed E-state index contributed by atoms with van der Waals surface area (Å²) in [5, 5.41) is 17.2. The summed E-state index contributed by atoms with van der Waals surface area (Å²) in [4.78, 5) is 32.1. The average molecular weight is 265 g/mol. The number of hydroxylamine groups is 2. The predicted octanol–water partition coefficient (Wildman–Crippen LogP) is 1.79. The summed E-state index contributed by atoms with van der Waals surface area (Å²) in [6, 6.07) is 6.30. The Hall–Kier alpha value is -2.21. The molecule has 0 aromatic heterocycles. The lowest BCUT2D eigenvalue weighted by Gasteiger charge is -1.99. The Bertz CT molecular complexity index is 477. The maximum absolute atomic E-state index is 11.1. The minimum Gasteiger partial charge on any atom is -0.481 e. The maximum Gasteiger partial charge on any atom is 0.306 e. The van der Waals surface area contributed by atoms with E-state index in [4.69, 9.17) is 10.3 Å². The Labute approximate surface area is 110 Å². The standard InChI is InChI=1S/C8H5NO3.C5H10O2/c10-7-5-3-1-2-4-6(5)8(11)9(7)12;1-3-4(2)5(6)7/h1-4,12H;4H,3H2,1-2H3,(H,6,7). The molecule has 102 valence electrons. The molecule has 1 aliphatic rings. The van der Waals surface area contributed by atoms with Crippen LogP contribution in [0.25, 0.3) is 0 Å². The molecule has 1 heterocycles. The number of carbonyl (C=O) groups is 3. The minimum absolute atomic E-state index is 0.130. The number of aliphatic carboxylic acids is 1. The van der Waals surface area contributed by atoms with E-state index < -0.39 is 17.8 Å². The van der Waals surface area contributed by atoms with Crippen LogP contribution in [0, 0.1) is 5.92 Å². The summed E-state index contributed by atoms with van der Waals surface area (Å²) >= 11 is 0. The maximum atomic E-state index is 11.1. The number of carboxylic acid groups (broad SMARTS) is 1. The van der Waals surface area contributed by atoms with E-state index in [-0.39, 0.29) is 22.1 Å². The van der Waals surface area contributed by atoms with Crippen molar-refractivity contribution in [2.45, 2.75) is 20.3 Å². The Balaban J connectivity index is 0.000000224. The van der Waals surface area contributed by atoms with Gasteiger partial charge in [-0.25, -0.2) is 0 Å². The van der Waals surface area contributed by atoms with E-state index in [1.807, 2.05) is 6.92 Å². The number of hydrogen-bond acceptors (Lipinski definition) is 4. The van der Waals surface area contributed by atoms with Gasteiger partial charge in [0.05, 0.1) is 17.0 Å². The Kier molecular flexibility index (Phi) is 4.77. The van der Waals surface area contributed by atoms with E-state index >= 15 is 0 Å². The van der Waals surface area contributed by atoms with Crippen molar-refractivity contribution in [3.8, 4) is 0 Å². The van der Waals surface area contributed by atoms with Gasteiger partial charge in [0.2, 0.25) is 0 Å². The molecule has 19 heavy (non-hydrogen) atoms. The third kappa shape index (κ3) is 3.17. The number of nitrogens with zero attached hydrogens (tertiary/aromatic N) is 1. The predicted molar refractivity (Wildman–Crippen MR) is 65.8 cm³/mol. The molecule has 1 aromatic carbocycles. The minimum atomic E-state index is -0.706. The third-order valence-corrected chi connectivity index (χ3v) is 2.81. The molecule has 0 bridgehead atoms. The van der Waals surface area contributed by atoms with Gasteiger partial charge in [0.1, 0.15) is 0 Å². The quantitative estimate of drug-likeness (QED) is 0.628. The van der Waals surface area contributed by atoms with Gasteiger partial charge in [0.25, 0.3) is 11.8 Å². The number of amides is 2. The van der Waals surface area contributed by atoms with Gasteiger partial charge < -0.3 is 5.11 Å². The summed E-state index contributed by atoms with van der Waals surface area (Å²) in [7, 11) is 0. The van der Waals surface area contributed by atoms with Crippen molar-refractivity contribution in [3.05, 3.63) is 35.4 Å². The fraction of sp³-hybridized carbons (Fsp3) is 0.308. The molecular weight excluding hydrogens is 250 g/mol. The Morgan fingerprint density at radius 1 is 1.21 bits per heavy atom. The molecule has 1 unspecified atom stereocenters. The summed E-state index contributed by atoms with van der Waals surface area (Å²) in [6.07, 6.45) is 0.718. The second kappa shape index (κ2) is 6.10. The van der Waals surface area contributed by atoms with Gasteiger partial charge in [-0.3, -0.25) is 19.6 Å². The van der Waals surface area contributed by atoms with Gasteiger partial charge in [-0.1, -0.05) is 26.0 Å². The molecule has 0 radical (unpaired) electrons. The first-order valence-electron chi connectivity index (χ1n) is 5.79. The molecule has 1 aliphatic heterocycles. The van der Waals surface area contributed by atoms with Crippen LogP contribution in [0.1, 0.15) is 41.0 Å². The van der Waals surface area contributed by atoms with E-state index in [2.05, 4.69) is 0 Å². The largest absolute Gasteiger partial charge is 0.481 e. The van der Waals surface area contributed by atoms with Crippen LogP contribution < -0.4 is 0 Å². The Morgan fingerprint density at radius 3 is 1.89 bits per heavy atom. The highest BCUT2D eigenvalue weighted by Crippen LogP contribution is 2.19. The molecule has 2 amide bonds. The van der Waals surface area contributed by atoms with E-state index in [0.717, 1.165) is 6.42 Å². The fourth-order valence-electron chi connectivity index (χ4n) is 1.35. The molecule has 6 nitrogen and oxygen atoms in total. The van der Waals surface area contributed by atoms with Crippen LogP contribution in [0.5, 0.6) is 0 Å². The van der Waals surface area contributed by atoms with Crippen molar-refractivity contribution in [2.24, 2.45) is 5.92 Å². The lowest BCUT2D eigenvalue weighted by molar-refractivity contribution is -0.141. The van der Waals surface area contributed by atoms with Crippen molar-refractivity contribution in [1.29, 1.82) is 0 Å². The van der Waals surface area contributed by atoms with Gasteiger partial charge in [-0.05, 0) is 18.6 Å². The zero-order valence-electron chi connectivity index (χ0n) is 10.7. The topological polar surface area (TPSA) is 94.9 Å². The Morgan fingerprint density at radius 2 is 1.63 bits per heavy atom. The molecule has 0 aliphatic carbocycles. The monoisotopic (exact) mass is 265 g/mol. The number of carbonyl (C=O) groups excluding carboxylic acids is 2. The molecule has 1 atom stereocenters.